The van der Waals surface area contributed by atoms with E-state index in [1.54, 1.807) is 47.5 Å². The van der Waals surface area contributed by atoms with Gasteiger partial charge in [0.2, 0.25) is 5.91 Å². The zero-order valence-corrected chi connectivity index (χ0v) is 20.6. The van der Waals surface area contributed by atoms with Crippen molar-refractivity contribution in [3.63, 3.8) is 0 Å². The second-order valence-corrected chi connectivity index (χ2v) is 9.68. The number of nitrogens with zero attached hydrogens (tertiary/aromatic N) is 2. The molecule has 0 spiro atoms. The molecule has 0 aliphatic carbocycles. The predicted octanol–water partition coefficient (Wildman–Crippen LogP) is 6.61. The highest BCUT2D eigenvalue weighted by atomic mass is 35.5. The van der Waals surface area contributed by atoms with Crippen LogP contribution in [0, 0.1) is 12.8 Å². The second-order valence-electron chi connectivity index (χ2n) is 8.83. The van der Waals surface area contributed by atoms with E-state index in [1.165, 1.54) is 4.90 Å². The topological polar surface area (TPSA) is 63.0 Å². The number of para-hydroxylation sites is 1. The van der Waals surface area contributed by atoms with Gasteiger partial charge in [-0.2, -0.15) is 0 Å². The van der Waals surface area contributed by atoms with E-state index >= 15 is 0 Å². The van der Waals surface area contributed by atoms with Crippen LogP contribution in [0.5, 0.6) is 0 Å². The Hall–Kier alpha value is -3.58. The average Bonchev–Trinajstić information content (AvgIpc) is 3.56. The normalized spacial score (nSPS) is 21.4. The first kappa shape index (κ1) is 22.9. The first-order valence-electron chi connectivity index (χ1n) is 11.4. The molecular formula is C28H20Cl2N2O4. The third kappa shape index (κ3) is 3.69. The number of rotatable bonds is 4. The highest BCUT2D eigenvalue weighted by Crippen LogP contribution is 2.48. The molecular weight excluding hydrogens is 499 g/mol. The van der Waals surface area contributed by atoms with Crippen LogP contribution in [0.1, 0.15) is 17.4 Å². The number of furan rings is 1. The van der Waals surface area contributed by atoms with Gasteiger partial charge in [0.25, 0.3) is 5.91 Å². The van der Waals surface area contributed by atoms with Crippen molar-refractivity contribution < 1.29 is 18.8 Å². The molecule has 6 nitrogen and oxygen atoms in total. The average molecular weight is 519 g/mol. The number of carbonyl (C=O) groups excluding carboxylic acids is 2. The van der Waals surface area contributed by atoms with Crippen LogP contribution in [0.25, 0.3) is 11.3 Å². The van der Waals surface area contributed by atoms with Crippen molar-refractivity contribution >= 4 is 46.4 Å². The van der Waals surface area contributed by atoms with Gasteiger partial charge in [-0.1, -0.05) is 59.1 Å². The number of hydroxylamine groups is 1. The quantitative estimate of drug-likeness (QED) is 0.284. The molecule has 6 rings (SSSR count). The summed E-state index contributed by atoms with van der Waals surface area (Å²) in [6, 6.07) is 24.7. The van der Waals surface area contributed by atoms with Crippen molar-refractivity contribution in [2.24, 2.45) is 5.92 Å². The van der Waals surface area contributed by atoms with Crippen LogP contribution in [0.15, 0.2) is 89.3 Å². The molecule has 0 N–H and O–H groups in total. The summed E-state index contributed by atoms with van der Waals surface area (Å²) in [5.74, 6) is -0.516. The van der Waals surface area contributed by atoms with Gasteiger partial charge < -0.3 is 4.42 Å². The fourth-order valence-corrected chi connectivity index (χ4v) is 5.30. The van der Waals surface area contributed by atoms with E-state index in [4.69, 9.17) is 32.5 Å². The number of imide groups is 1. The molecule has 3 heterocycles. The summed E-state index contributed by atoms with van der Waals surface area (Å²) in [5.41, 5.74) is 2.93. The lowest BCUT2D eigenvalue weighted by atomic mass is 9.94. The van der Waals surface area contributed by atoms with Gasteiger partial charge in [-0.25, -0.2) is 9.96 Å². The number of hydrogen-bond acceptors (Lipinski definition) is 5. The Morgan fingerprint density at radius 2 is 1.56 bits per heavy atom. The molecule has 2 aliphatic rings. The highest BCUT2D eigenvalue weighted by Gasteiger charge is 2.61. The molecule has 8 heteroatoms. The van der Waals surface area contributed by atoms with Gasteiger partial charge in [0.05, 0.1) is 16.4 Å². The van der Waals surface area contributed by atoms with Gasteiger partial charge in [-0.15, -0.1) is 0 Å². The van der Waals surface area contributed by atoms with Gasteiger partial charge in [0, 0.05) is 10.6 Å². The largest absolute Gasteiger partial charge is 0.459 e. The van der Waals surface area contributed by atoms with E-state index in [1.807, 2.05) is 49.4 Å². The number of halogens is 2. The number of fused-ring (bicyclic) bond motifs is 1. The Morgan fingerprint density at radius 1 is 0.806 bits per heavy atom. The molecule has 2 amide bonds. The van der Waals surface area contributed by atoms with Crippen molar-refractivity contribution in [2.45, 2.75) is 19.1 Å². The fourth-order valence-electron chi connectivity index (χ4n) is 4.80. The maximum absolute atomic E-state index is 13.7. The van der Waals surface area contributed by atoms with Gasteiger partial charge in [0.15, 0.2) is 6.10 Å². The minimum absolute atomic E-state index is 0.334. The SMILES string of the molecule is Cc1ccc(N2C(=O)[C@H]3[C@H](ON(c4ccccc4)[C@H]3c3ccc(-c4ccc(Cl)cc4Cl)o3)C2=O)cc1. The number of aryl methyl sites for hydroxylation is 1. The number of hydrogen-bond donors (Lipinski definition) is 0. The maximum atomic E-state index is 13.7. The van der Waals surface area contributed by atoms with Gasteiger partial charge in [0.1, 0.15) is 23.5 Å². The smallest absolute Gasteiger partial charge is 0.266 e. The lowest BCUT2D eigenvalue weighted by molar-refractivity contribution is -0.126. The van der Waals surface area contributed by atoms with Crippen LogP contribution in [0.2, 0.25) is 10.0 Å². The minimum Gasteiger partial charge on any atom is -0.459 e. The summed E-state index contributed by atoms with van der Waals surface area (Å²) in [4.78, 5) is 34.5. The Balaban J connectivity index is 1.42. The van der Waals surface area contributed by atoms with Crippen molar-refractivity contribution in [1.29, 1.82) is 0 Å². The van der Waals surface area contributed by atoms with Crippen LogP contribution >= 0.6 is 23.2 Å². The molecule has 0 radical (unpaired) electrons. The minimum atomic E-state index is -0.975. The van der Waals surface area contributed by atoms with Gasteiger partial charge in [-0.3, -0.25) is 14.4 Å². The van der Waals surface area contributed by atoms with E-state index < -0.39 is 24.0 Å². The van der Waals surface area contributed by atoms with Gasteiger partial charge in [-0.05, 0) is 61.5 Å². The van der Waals surface area contributed by atoms with Crippen molar-refractivity contribution in [3.8, 4) is 11.3 Å². The summed E-state index contributed by atoms with van der Waals surface area (Å²) in [7, 11) is 0. The molecule has 0 saturated carbocycles. The summed E-state index contributed by atoms with van der Waals surface area (Å²) < 4.78 is 6.24. The second kappa shape index (κ2) is 8.82. The molecule has 4 aromatic rings. The van der Waals surface area contributed by atoms with Crippen LogP contribution in [0.4, 0.5) is 11.4 Å². The lowest BCUT2D eigenvalue weighted by Gasteiger charge is -2.27. The molecule has 180 valence electrons. The van der Waals surface area contributed by atoms with Crippen LogP contribution in [0.3, 0.4) is 0 Å². The van der Waals surface area contributed by atoms with Crippen LogP contribution < -0.4 is 9.96 Å². The van der Waals surface area contributed by atoms with E-state index in [-0.39, 0.29) is 5.91 Å². The summed E-state index contributed by atoms with van der Waals surface area (Å²) in [5, 5.41) is 2.56. The van der Waals surface area contributed by atoms with Crippen LogP contribution in [-0.4, -0.2) is 17.9 Å². The van der Waals surface area contributed by atoms with Crippen LogP contribution in [-0.2, 0) is 14.4 Å². The molecule has 0 unspecified atom stereocenters. The molecule has 2 fully saturated rings. The summed E-state index contributed by atoms with van der Waals surface area (Å²) in [6.45, 7) is 1.95. The Morgan fingerprint density at radius 3 is 2.28 bits per heavy atom. The predicted molar refractivity (Wildman–Crippen MR) is 138 cm³/mol. The molecule has 3 atom stereocenters. The third-order valence-corrected chi connectivity index (χ3v) is 7.08. The first-order chi connectivity index (χ1) is 17.4. The van der Waals surface area contributed by atoms with E-state index in [0.29, 0.717) is 38.5 Å². The standard InChI is InChI=1S/C28H20Cl2N2O4/c1-16-7-10-18(11-8-16)31-27(33)24-25(32(36-26(24)28(31)34)19-5-3-2-4-6-19)23-14-13-22(35-23)20-12-9-17(29)15-21(20)30/h2-15,24-26H,1H3/t24-,25+,26+/m1/s1. The summed E-state index contributed by atoms with van der Waals surface area (Å²) >= 11 is 12.5. The zero-order chi connectivity index (χ0) is 25.0. The molecule has 0 bridgehead atoms. The van der Waals surface area contributed by atoms with E-state index in [2.05, 4.69) is 0 Å². The maximum Gasteiger partial charge on any atom is 0.266 e. The molecule has 1 aromatic heterocycles. The van der Waals surface area contributed by atoms with Crippen molar-refractivity contribution in [1.82, 2.24) is 0 Å². The van der Waals surface area contributed by atoms with E-state index in [0.717, 1.165) is 5.56 Å². The Labute approximate surface area is 217 Å². The van der Waals surface area contributed by atoms with Gasteiger partial charge >= 0.3 is 0 Å². The molecule has 36 heavy (non-hydrogen) atoms. The van der Waals surface area contributed by atoms with Crippen molar-refractivity contribution in [3.05, 3.63) is 106 Å². The summed E-state index contributed by atoms with van der Waals surface area (Å²) in [6.07, 6.45) is -0.975. The van der Waals surface area contributed by atoms with Crippen molar-refractivity contribution in [2.75, 3.05) is 9.96 Å². The fraction of sp³-hybridized carbons (Fsp3) is 0.143. The molecule has 3 aromatic carbocycles. The number of benzene rings is 3. The lowest BCUT2D eigenvalue weighted by Crippen LogP contribution is -2.37. The Kier molecular flexibility index (Phi) is 5.60. The monoisotopic (exact) mass is 518 g/mol. The number of amides is 2. The molecule has 2 aliphatic heterocycles. The zero-order valence-electron chi connectivity index (χ0n) is 19.1. The molecule has 2 saturated heterocycles. The Bertz CT molecular complexity index is 1470. The van der Waals surface area contributed by atoms with E-state index in [9.17, 15) is 9.59 Å². The third-order valence-electron chi connectivity index (χ3n) is 6.53. The highest BCUT2D eigenvalue weighted by molar-refractivity contribution is 6.36. The first-order valence-corrected chi connectivity index (χ1v) is 12.2. The number of carbonyl (C=O) groups is 2. The number of anilines is 2.